The van der Waals surface area contributed by atoms with E-state index in [2.05, 4.69) is 24.3 Å². The Balaban J connectivity index is 2.10. The van der Waals surface area contributed by atoms with Crippen LogP contribution in [0.2, 0.25) is 0 Å². The summed E-state index contributed by atoms with van der Waals surface area (Å²) in [6, 6.07) is 8.82. The molecule has 0 saturated heterocycles. The Kier molecular flexibility index (Phi) is 1.64. The fourth-order valence-corrected chi connectivity index (χ4v) is 2.19. The zero-order valence-corrected chi connectivity index (χ0v) is 8.16. The van der Waals surface area contributed by atoms with E-state index in [4.69, 9.17) is 0 Å². The molecule has 0 N–H and O–H groups in total. The van der Waals surface area contributed by atoms with Gasteiger partial charge in [0.1, 0.15) is 0 Å². The molecular formula is C13H13N. The van der Waals surface area contributed by atoms with Crippen molar-refractivity contribution in [3.8, 4) is 6.07 Å². The van der Waals surface area contributed by atoms with Gasteiger partial charge in [-0.2, -0.15) is 5.26 Å². The van der Waals surface area contributed by atoms with Crippen molar-refractivity contribution in [2.24, 2.45) is 0 Å². The minimum absolute atomic E-state index is 0.698. The minimum Gasteiger partial charge on any atom is -0.192 e. The highest BCUT2D eigenvalue weighted by atomic mass is 14.4. The number of rotatable bonds is 2. The van der Waals surface area contributed by atoms with Crippen molar-refractivity contribution in [3.63, 3.8) is 0 Å². The van der Waals surface area contributed by atoms with Gasteiger partial charge in [0.2, 0.25) is 0 Å². The maximum Gasteiger partial charge on any atom is 0.0997 e. The number of hydrogen-bond acceptors (Lipinski definition) is 1. The summed E-state index contributed by atoms with van der Waals surface area (Å²) in [6.45, 7) is 0. The molecule has 2 saturated carbocycles. The molecule has 1 aromatic carbocycles. The molecule has 70 valence electrons. The standard InChI is InChI=1S/C13H13N/c14-8-13-11(9-4-5-9)2-1-3-12(13)10-6-7-10/h1-3,9-10H,4-7H2. The van der Waals surface area contributed by atoms with Crippen LogP contribution in [0.1, 0.15) is 54.2 Å². The summed E-state index contributed by atoms with van der Waals surface area (Å²) < 4.78 is 0. The highest BCUT2D eigenvalue weighted by molar-refractivity contribution is 5.50. The number of hydrogen-bond donors (Lipinski definition) is 0. The molecule has 0 atom stereocenters. The Bertz CT molecular complexity index is 375. The Morgan fingerprint density at radius 3 is 1.86 bits per heavy atom. The fourth-order valence-electron chi connectivity index (χ4n) is 2.19. The second-order valence-electron chi connectivity index (χ2n) is 4.47. The fraction of sp³-hybridized carbons (Fsp3) is 0.462. The van der Waals surface area contributed by atoms with Gasteiger partial charge in [-0.25, -0.2) is 0 Å². The molecular weight excluding hydrogens is 170 g/mol. The number of nitrogens with zero attached hydrogens (tertiary/aromatic N) is 1. The van der Waals surface area contributed by atoms with Gasteiger partial charge in [-0.1, -0.05) is 18.2 Å². The summed E-state index contributed by atoms with van der Waals surface area (Å²) in [6.07, 6.45) is 5.12. The largest absolute Gasteiger partial charge is 0.192 e. The SMILES string of the molecule is N#Cc1c(C2CC2)cccc1C1CC1. The topological polar surface area (TPSA) is 23.8 Å². The molecule has 0 aliphatic heterocycles. The van der Waals surface area contributed by atoms with Crippen LogP contribution in [0, 0.1) is 11.3 Å². The summed E-state index contributed by atoms with van der Waals surface area (Å²) in [5.41, 5.74) is 3.63. The molecule has 14 heavy (non-hydrogen) atoms. The van der Waals surface area contributed by atoms with E-state index in [1.807, 2.05) is 0 Å². The van der Waals surface area contributed by atoms with Crippen molar-refractivity contribution < 1.29 is 0 Å². The van der Waals surface area contributed by atoms with Gasteiger partial charge in [0.05, 0.1) is 11.6 Å². The number of nitriles is 1. The molecule has 1 nitrogen and oxygen atoms in total. The summed E-state index contributed by atoms with van der Waals surface area (Å²) in [5.74, 6) is 1.40. The maximum absolute atomic E-state index is 9.20. The van der Waals surface area contributed by atoms with Gasteiger partial charge in [-0.15, -0.1) is 0 Å². The molecule has 1 heteroatoms. The number of benzene rings is 1. The van der Waals surface area contributed by atoms with E-state index in [1.54, 1.807) is 0 Å². The van der Waals surface area contributed by atoms with Crippen molar-refractivity contribution in [3.05, 3.63) is 34.9 Å². The summed E-state index contributed by atoms with van der Waals surface area (Å²) in [4.78, 5) is 0. The monoisotopic (exact) mass is 183 g/mol. The lowest BCUT2D eigenvalue weighted by atomic mass is 9.96. The van der Waals surface area contributed by atoms with Gasteiger partial charge < -0.3 is 0 Å². The molecule has 2 aliphatic rings. The van der Waals surface area contributed by atoms with Crippen LogP contribution in [0.4, 0.5) is 0 Å². The molecule has 3 rings (SSSR count). The van der Waals surface area contributed by atoms with Crippen molar-refractivity contribution in [1.82, 2.24) is 0 Å². The lowest BCUT2D eigenvalue weighted by Gasteiger charge is -2.06. The third kappa shape index (κ3) is 1.23. The average molecular weight is 183 g/mol. The zero-order valence-electron chi connectivity index (χ0n) is 8.16. The van der Waals surface area contributed by atoms with Crippen molar-refractivity contribution in [2.45, 2.75) is 37.5 Å². The van der Waals surface area contributed by atoms with Crippen molar-refractivity contribution >= 4 is 0 Å². The van der Waals surface area contributed by atoms with Gasteiger partial charge in [0.15, 0.2) is 0 Å². The van der Waals surface area contributed by atoms with E-state index in [-0.39, 0.29) is 0 Å². The lowest BCUT2D eigenvalue weighted by molar-refractivity contribution is 1.06. The first-order chi connectivity index (χ1) is 6.90. The molecule has 0 radical (unpaired) electrons. The van der Waals surface area contributed by atoms with Crippen LogP contribution in [0.25, 0.3) is 0 Å². The molecule has 0 spiro atoms. The lowest BCUT2D eigenvalue weighted by Crippen LogP contribution is -1.93. The van der Waals surface area contributed by atoms with Crippen LogP contribution < -0.4 is 0 Å². The Hall–Kier alpha value is -1.29. The molecule has 0 unspecified atom stereocenters. The maximum atomic E-state index is 9.20. The van der Waals surface area contributed by atoms with Crippen LogP contribution in [-0.2, 0) is 0 Å². The van der Waals surface area contributed by atoms with E-state index < -0.39 is 0 Å². The molecule has 1 aromatic rings. The first-order valence-corrected chi connectivity index (χ1v) is 5.43. The molecule has 2 fully saturated rings. The van der Waals surface area contributed by atoms with Gasteiger partial charge in [-0.3, -0.25) is 0 Å². The van der Waals surface area contributed by atoms with Crippen LogP contribution in [0.15, 0.2) is 18.2 Å². The highest BCUT2D eigenvalue weighted by Crippen LogP contribution is 2.47. The Labute approximate surface area is 84.4 Å². The van der Waals surface area contributed by atoms with Gasteiger partial charge >= 0.3 is 0 Å². The van der Waals surface area contributed by atoms with Gasteiger partial charge in [-0.05, 0) is 48.6 Å². The zero-order chi connectivity index (χ0) is 9.54. The molecule has 2 aliphatic carbocycles. The average Bonchev–Trinajstić information content (AvgIpc) is 3.04. The molecule has 0 bridgehead atoms. The van der Waals surface area contributed by atoms with Crippen LogP contribution in [-0.4, -0.2) is 0 Å². The van der Waals surface area contributed by atoms with Crippen LogP contribution in [0.5, 0.6) is 0 Å². The Morgan fingerprint density at radius 1 is 1.00 bits per heavy atom. The first kappa shape index (κ1) is 8.05. The third-order valence-electron chi connectivity index (χ3n) is 3.28. The summed E-state index contributed by atoms with van der Waals surface area (Å²) in [5, 5.41) is 9.20. The third-order valence-corrected chi connectivity index (χ3v) is 3.28. The normalized spacial score (nSPS) is 20.5. The van der Waals surface area contributed by atoms with Crippen LogP contribution >= 0.6 is 0 Å². The summed E-state index contributed by atoms with van der Waals surface area (Å²) in [7, 11) is 0. The first-order valence-electron chi connectivity index (χ1n) is 5.43. The molecule has 0 heterocycles. The predicted molar refractivity (Wildman–Crippen MR) is 55.1 cm³/mol. The minimum atomic E-state index is 0.698. The highest BCUT2D eigenvalue weighted by Gasteiger charge is 2.31. The summed E-state index contributed by atoms with van der Waals surface area (Å²) >= 11 is 0. The van der Waals surface area contributed by atoms with E-state index in [0.717, 1.165) is 5.56 Å². The van der Waals surface area contributed by atoms with Gasteiger partial charge in [0, 0.05) is 0 Å². The second-order valence-corrected chi connectivity index (χ2v) is 4.47. The van der Waals surface area contributed by atoms with Crippen molar-refractivity contribution in [1.29, 1.82) is 5.26 Å². The second kappa shape index (κ2) is 2.85. The van der Waals surface area contributed by atoms with E-state index in [9.17, 15) is 5.26 Å². The molecule has 0 aromatic heterocycles. The van der Waals surface area contributed by atoms with E-state index in [1.165, 1.54) is 36.8 Å². The quantitative estimate of drug-likeness (QED) is 0.690. The molecule has 0 amide bonds. The van der Waals surface area contributed by atoms with Crippen molar-refractivity contribution in [2.75, 3.05) is 0 Å². The van der Waals surface area contributed by atoms with E-state index in [0.29, 0.717) is 11.8 Å². The van der Waals surface area contributed by atoms with E-state index >= 15 is 0 Å². The smallest absolute Gasteiger partial charge is 0.0997 e. The van der Waals surface area contributed by atoms with Gasteiger partial charge in [0.25, 0.3) is 0 Å². The Morgan fingerprint density at radius 2 is 1.50 bits per heavy atom. The predicted octanol–water partition coefficient (Wildman–Crippen LogP) is 3.31. The van der Waals surface area contributed by atoms with Crippen LogP contribution in [0.3, 0.4) is 0 Å².